The van der Waals surface area contributed by atoms with E-state index in [4.69, 9.17) is 9.47 Å². The van der Waals surface area contributed by atoms with E-state index in [-0.39, 0.29) is 24.0 Å². The number of nitrogens with one attached hydrogen (secondary N) is 1. The van der Waals surface area contributed by atoms with Gasteiger partial charge in [0.15, 0.2) is 0 Å². The number of hydrogen-bond donors (Lipinski definition) is 2. The molecule has 3 aliphatic rings. The van der Waals surface area contributed by atoms with Crippen molar-refractivity contribution in [1.82, 2.24) is 15.3 Å². The first-order valence-electron chi connectivity index (χ1n) is 11.8. The van der Waals surface area contributed by atoms with Crippen LogP contribution in [0.15, 0.2) is 30.3 Å². The quantitative estimate of drug-likeness (QED) is 0.516. The summed E-state index contributed by atoms with van der Waals surface area (Å²) in [6.07, 6.45) is 2.23. The predicted molar refractivity (Wildman–Crippen MR) is 118 cm³/mol. The summed E-state index contributed by atoms with van der Waals surface area (Å²) >= 11 is 0. The van der Waals surface area contributed by atoms with Crippen molar-refractivity contribution >= 4 is 17.9 Å². The molecule has 2 saturated heterocycles. The van der Waals surface area contributed by atoms with Gasteiger partial charge in [0.05, 0.1) is 19.1 Å². The fourth-order valence-corrected chi connectivity index (χ4v) is 5.34. The van der Waals surface area contributed by atoms with Crippen LogP contribution in [0.1, 0.15) is 43.6 Å². The van der Waals surface area contributed by atoms with Crippen molar-refractivity contribution < 1.29 is 29.1 Å². The number of ether oxygens (including phenoxy) is 2. The maximum absolute atomic E-state index is 13.4. The fourth-order valence-electron chi connectivity index (χ4n) is 5.34. The summed E-state index contributed by atoms with van der Waals surface area (Å²) in [5.41, 5.74) is 2.95. The summed E-state index contributed by atoms with van der Waals surface area (Å²) < 4.78 is 10.7. The van der Waals surface area contributed by atoms with Crippen LogP contribution in [0.25, 0.3) is 0 Å². The van der Waals surface area contributed by atoms with Gasteiger partial charge in [0.1, 0.15) is 6.10 Å². The first kappa shape index (κ1) is 23.5. The molecule has 4 rings (SSSR count). The number of rotatable bonds is 5. The summed E-state index contributed by atoms with van der Waals surface area (Å²) in [5.74, 6) is -1.56. The van der Waals surface area contributed by atoms with Crippen molar-refractivity contribution in [3.8, 4) is 0 Å². The highest BCUT2D eigenvalue weighted by Crippen LogP contribution is 2.36. The lowest BCUT2D eigenvalue weighted by atomic mass is 9.75. The van der Waals surface area contributed by atoms with Gasteiger partial charge in [-0.15, -0.1) is 0 Å². The normalized spacial score (nSPS) is 29.5. The number of carbonyl (C=O) groups is 3. The second-order valence-corrected chi connectivity index (χ2v) is 9.32. The maximum atomic E-state index is 13.4. The SMILES string of the molecule is CN(C(=O)O[C@@H]1CCOC1)C1CC[C@H](C(=O)N2CC[C@H](c3ccccc3)C2)[C@@H](C(=O)NO)C1. The summed E-state index contributed by atoms with van der Waals surface area (Å²) in [7, 11) is 1.66. The third-order valence-corrected chi connectivity index (χ3v) is 7.35. The Morgan fingerprint density at radius 2 is 1.91 bits per heavy atom. The van der Waals surface area contributed by atoms with Crippen LogP contribution in [-0.2, 0) is 19.1 Å². The van der Waals surface area contributed by atoms with Crippen LogP contribution in [0.4, 0.5) is 4.79 Å². The average Bonchev–Trinajstić information content (AvgIpc) is 3.55. The number of nitrogens with zero attached hydrogens (tertiary/aromatic N) is 2. The largest absolute Gasteiger partial charge is 0.444 e. The molecular formula is C24H33N3O6. The van der Waals surface area contributed by atoms with Crippen molar-refractivity contribution in [1.29, 1.82) is 0 Å². The third kappa shape index (κ3) is 5.30. The molecule has 0 radical (unpaired) electrons. The van der Waals surface area contributed by atoms with Crippen molar-refractivity contribution in [2.75, 3.05) is 33.4 Å². The zero-order valence-electron chi connectivity index (χ0n) is 19.0. The molecule has 1 unspecified atom stereocenters. The fraction of sp³-hybridized carbons (Fsp3) is 0.625. The van der Waals surface area contributed by atoms with E-state index in [0.717, 1.165) is 6.42 Å². The first-order chi connectivity index (χ1) is 16.0. The lowest BCUT2D eigenvalue weighted by Crippen LogP contribution is -2.50. The molecule has 3 fully saturated rings. The summed E-state index contributed by atoms with van der Waals surface area (Å²) in [6.45, 7) is 2.26. The molecule has 5 atom stereocenters. The van der Waals surface area contributed by atoms with Crippen LogP contribution in [-0.4, -0.2) is 78.4 Å². The van der Waals surface area contributed by atoms with Gasteiger partial charge >= 0.3 is 6.09 Å². The number of hydroxylamine groups is 1. The van der Waals surface area contributed by atoms with Gasteiger partial charge in [-0.25, -0.2) is 10.3 Å². The summed E-state index contributed by atoms with van der Waals surface area (Å²) in [4.78, 5) is 41.8. The van der Waals surface area contributed by atoms with E-state index in [2.05, 4.69) is 12.1 Å². The van der Waals surface area contributed by atoms with E-state index >= 15 is 0 Å². The van der Waals surface area contributed by atoms with E-state index in [9.17, 15) is 19.6 Å². The van der Waals surface area contributed by atoms with Gasteiger partial charge in [0.25, 0.3) is 0 Å². The molecular weight excluding hydrogens is 426 g/mol. The van der Waals surface area contributed by atoms with E-state index in [1.54, 1.807) is 12.5 Å². The zero-order valence-corrected chi connectivity index (χ0v) is 19.0. The Labute approximate surface area is 194 Å². The lowest BCUT2D eigenvalue weighted by molar-refractivity contribution is -0.147. The molecule has 1 saturated carbocycles. The number of benzene rings is 1. The molecule has 2 N–H and O–H groups in total. The number of hydrogen-bond acceptors (Lipinski definition) is 6. The van der Waals surface area contributed by atoms with Crippen molar-refractivity contribution in [2.24, 2.45) is 11.8 Å². The smallest absolute Gasteiger partial charge is 0.410 e. The van der Waals surface area contributed by atoms with Crippen LogP contribution >= 0.6 is 0 Å². The van der Waals surface area contributed by atoms with Crippen LogP contribution in [0, 0.1) is 11.8 Å². The monoisotopic (exact) mass is 459 g/mol. The van der Waals surface area contributed by atoms with Crippen LogP contribution in [0.5, 0.6) is 0 Å². The van der Waals surface area contributed by atoms with Crippen molar-refractivity contribution in [3.63, 3.8) is 0 Å². The minimum atomic E-state index is -0.706. The Kier molecular flexibility index (Phi) is 7.49. The molecule has 180 valence electrons. The Bertz CT molecular complexity index is 844. The number of carbonyl (C=O) groups excluding carboxylic acids is 3. The highest BCUT2D eigenvalue weighted by atomic mass is 16.6. The molecule has 9 nitrogen and oxygen atoms in total. The van der Waals surface area contributed by atoms with Gasteiger partial charge in [0, 0.05) is 44.4 Å². The number of likely N-dealkylation sites (tertiary alicyclic amines) is 1. The third-order valence-electron chi connectivity index (χ3n) is 7.35. The van der Waals surface area contributed by atoms with E-state index in [1.807, 2.05) is 23.1 Å². The zero-order chi connectivity index (χ0) is 23.4. The van der Waals surface area contributed by atoms with Gasteiger partial charge in [-0.05, 0) is 31.2 Å². The standard InChI is InChI=1S/C24H33N3O6/c1-26(24(30)33-19-10-12-32-15-19)18-7-8-20(21(13-18)22(28)25-31)23(29)27-11-9-17(14-27)16-5-3-2-4-6-16/h2-6,17-21,31H,7-15H2,1H3,(H,25,28)/t17-,18?,19+,20-,21-/m0/s1. The second kappa shape index (κ2) is 10.5. The molecule has 2 heterocycles. The second-order valence-electron chi connectivity index (χ2n) is 9.32. The van der Waals surface area contributed by atoms with E-state index in [1.165, 1.54) is 10.5 Å². The van der Waals surface area contributed by atoms with Gasteiger partial charge < -0.3 is 19.3 Å². The molecule has 0 aromatic heterocycles. The highest BCUT2D eigenvalue weighted by molar-refractivity contribution is 5.87. The Balaban J connectivity index is 1.39. The maximum Gasteiger partial charge on any atom is 0.410 e. The van der Waals surface area contributed by atoms with Gasteiger partial charge in [-0.2, -0.15) is 0 Å². The Morgan fingerprint density at radius 3 is 2.61 bits per heavy atom. The van der Waals surface area contributed by atoms with Crippen molar-refractivity contribution in [2.45, 2.75) is 50.2 Å². The summed E-state index contributed by atoms with van der Waals surface area (Å²) in [6, 6.07) is 9.90. The molecule has 0 spiro atoms. The minimum Gasteiger partial charge on any atom is -0.444 e. The summed E-state index contributed by atoms with van der Waals surface area (Å²) in [5, 5.41) is 9.32. The molecule has 1 aromatic carbocycles. The van der Waals surface area contributed by atoms with E-state index < -0.39 is 23.8 Å². The highest BCUT2D eigenvalue weighted by Gasteiger charge is 2.44. The lowest BCUT2D eigenvalue weighted by Gasteiger charge is -2.39. The van der Waals surface area contributed by atoms with Crippen LogP contribution < -0.4 is 5.48 Å². The topological polar surface area (TPSA) is 108 Å². The van der Waals surface area contributed by atoms with Gasteiger partial charge in [0.2, 0.25) is 11.8 Å². The van der Waals surface area contributed by atoms with Crippen LogP contribution in [0.3, 0.4) is 0 Å². The molecule has 2 aliphatic heterocycles. The number of amides is 3. The molecule has 0 bridgehead atoms. The molecule has 3 amide bonds. The first-order valence-corrected chi connectivity index (χ1v) is 11.8. The van der Waals surface area contributed by atoms with Gasteiger partial charge in [-0.1, -0.05) is 30.3 Å². The van der Waals surface area contributed by atoms with Gasteiger partial charge in [-0.3, -0.25) is 14.8 Å². The molecule has 1 aromatic rings. The average molecular weight is 460 g/mol. The van der Waals surface area contributed by atoms with E-state index in [0.29, 0.717) is 52.0 Å². The van der Waals surface area contributed by atoms with Crippen molar-refractivity contribution in [3.05, 3.63) is 35.9 Å². The molecule has 9 heteroatoms. The Morgan fingerprint density at radius 1 is 1.12 bits per heavy atom. The Hall–Kier alpha value is -2.65. The molecule has 1 aliphatic carbocycles. The predicted octanol–water partition coefficient (Wildman–Crippen LogP) is 2.15. The minimum absolute atomic E-state index is 0.0474. The molecule has 33 heavy (non-hydrogen) atoms. The van der Waals surface area contributed by atoms with Crippen LogP contribution in [0.2, 0.25) is 0 Å².